The number of benzene rings is 1. The Morgan fingerprint density at radius 2 is 2.08 bits per heavy atom. The monoisotopic (exact) mass is 342 g/mol. The second-order valence-corrected chi connectivity index (χ2v) is 6.38. The Balaban J connectivity index is 1.63. The number of likely N-dealkylation sites (tertiary alicyclic amines) is 1. The van der Waals surface area contributed by atoms with Crippen molar-refractivity contribution in [1.82, 2.24) is 20.2 Å². The number of H-pyrrole nitrogens is 1. The first-order chi connectivity index (χ1) is 12.2. The molecule has 1 aromatic heterocycles. The van der Waals surface area contributed by atoms with Gasteiger partial charge in [0, 0.05) is 20.2 Å². The smallest absolute Gasteiger partial charge is 0.317 e. The maximum absolute atomic E-state index is 12.5. The molecule has 2 amide bonds. The van der Waals surface area contributed by atoms with Gasteiger partial charge in [0.2, 0.25) is 0 Å². The van der Waals surface area contributed by atoms with Crippen molar-refractivity contribution in [3.05, 3.63) is 42.4 Å². The van der Waals surface area contributed by atoms with Crippen molar-refractivity contribution >= 4 is 6.03 Å². The van der Waals surface area contributed by atoms with Gasteiger partial charge in [0.05, 0.1) is 24.0 Å². The number of carbonyl (C=O) groups excluding carboxylic acids is 1. The van der Waals surface area contributed by atoms with Crippen molar-refractivity contribution in [1.29, 1.82) is 0 Å². The highest BCUT2D eigenvalue weighted by Crippen LogP contribution is 2.21. The molecule has 0 radical (unpaired) electrons. The number of imidazole rings is 1. The van der Waals surface area contributed by atoms with E-state index in [-0.39, 0.29) is 18.2 Å². The summed E-state index contributed by atoms with van der Waals surface area (Å²) in [5.74, 6) is 0.793. The second kappa shape index (κ2) is 8.16. The SMILES string of the molecule is CC[C@@H](NC(=O)N1CCC(OC)CC1)c1ncc(-c2ccccc2)[nH]1. The van der Waals surface area contributed by atoms with Gasteiger partial charge in [-0.3, -0.25) is 0 Å². The van der Waals surface area contributed by atoms with Crippen LogP contribution in [0.15, 0.2) is 36.5 Å². The number of aromatic nitrogens is 2. The fraction of sp³-hybridized carbons (Fsp3) is 0.474. The van der Waals surface area contributed by atoms with Crippen LogP contribution in [0.4, 0.5) is 4.79 Å². The summed E-state index contributed by atoms with van der Waals surface area (Å²) in [7, 11) is 1.73. The Morgan fingerprint density at radius 1 is 1.36 bits per heavy atom. The van der Waals surface area contributed by atoms with Crippen molar-refractivity contribution in [3.8, 4) is 11.3 Å². The second-order valence-electron chi connectivity index (χ2n) is 6.38. The van der Waals surface area contributed by atoms with Gasteiger partial charge in [-0.25, -0.2) is 9.78 Å². The van der Waals surface area contributed by atoms with E-state index in [4.69, 9.17) is 4.74 Å². The standard InChI is InChI=1S/C19H26N4O2/c1-3-16(22-19(24)23-11-9-15(25-2)10-12-23)18-20-13-17(21-18)14-7-5-4-6-8-14/h4-8,13,15-16H,3,9-12H2,1-2H3,(H,20,21)(H,22,24)/t16-/m1/s1. The predicted molar refractivity (Wildman–Crippen MR) is 97.2 cm³/mol. The normalized spacial score (nSPS) is 16.6. The molecule has 1 saturated heterocycles. The van der Waals surface area contributed by atoms with Crippen LogP contribution in [0.1, 0.15) is 38.1 Å². The van der Waals surface area contributed by atoms with Gasteiger partial charge in [-0.15, -0.1) is 0 Å². The maximum Gasteiger partial charge on any atom is 0.317 e. The number of aromatic amines is 1. The van der Waals surface area contributed by atoms with Gasteiger partial charge in [0.1, 0.15) is 5.82 Å². The number of nitrogens with one attached hydrogen (secondary N) is 2. The Bertz CT molecular complexity index is 678. The van der Waals surface area contributed by atoms with E-state index in [1.165, 1.54) is 0 Å². The number of piperidine rings is 1. The van der Waals surface area contributed by atoms with Gasteiger partial charge < -0.3 is 19.9 Å². The maximum atomic E-state index is 12.5. The van der Waals surface area contributed by atoms with E-state index >= 15 is 0 Å². The molecular formula is C19H26N4O2. The lowest BCUT2D eigenvalue weighted by molar-refractivity contribution is 0.0499. The van der Waals surface area contributed by atoms with Gasteiger partial charge >= 0.3 is 6.03 Å². The first-order valence-corrected chi connectivity index (χ1v) is 8.89. The van der Waals surface area contributed by atoms with Gasteiger partial charge in [-0.2, -0.15) is 0 Å². The molecule has 0 spiro atoms. The summed E-state index contributed by atoms with van der Waals surface area (Å²) in [6, 6.07) is 9.91. The summed E-state index contributed by atoms with van der Waals surface area (Å²) in [6.07, 6.45) is 4.65. The number of hydrogen-bond acceptors (Lipinski definition) is 3. The zero-order valence-corrected chi connectivity index (χ0v) is 14.9. The van der Waals surface area contributed by atoms with Gasteiger partial charge in [0.25, 0.3) is 0 Å². The third-order valence-corrected chi connectivity index (χ3v) is 4.78. The topological polar surface area (TPSA) is 70.2 Å². The number of hydrogen-bond donors (Lipinski definition) is 2. The fourth-order valence-electron chi connectivity index (χ4n) is 3.18. The van der Waals surface area contributed by atoms with Crippen LogP contribution in [0, 0.1) is 0 Å². The molecule has 3 rings (SSSR count). The molecule has 1 atom stereocenters. The average molecular weight is 342 g/mol. The lowest BCUT2D eigenvalue weighted by Crippen LogP contribution is -2.46. The molecule has 1 aliphatic rings. The molecule has 1 aliphatic heterocycles. The van der Waals surface area contributed by atoms with E-state index in [9.17, 15) is 4.79 Å². The van der Waals surface area contributed by atoms with Crippen LogP contribution in [-0.4, -0.2) is 47.2 Å². The molecule has 25 heavy (non-hydrogen) atoms. The van der Waals surface area contributed by atoms with Crippen molar-refractivity contribution < 1.29 is 9.53 Å². The zero-order chi connectivity index (χ0) is 17.6. The fourth-order valence-corrected chi connectivity index (χ4v) is 3.18. The first-order valence-electron chi connectivity index (χ1n) is 8.89. The average Bonchev–Trinajstić information content (AvgIpc) is 3.16. The van der Waals surface area contributed by atoms with Gasteiger partial charge in [0.15, 0.2) is 0 Å². The first kappa shape index (κ1) is 17.5. The molecule has 0 bridgehead atoms. The van der Waals surface area contributed by atoms with Crippen molar-refractivity contribution in [3.63, 3.8) is 0 Å². The number of amides is 2. The third-order valence-electron chi connectivity index (χ3n) is 4.78. The molecule has 0 unspecified atom stereocenters. The minimum absolute atomic E-state index is 0.0286. The van der Waals surface area contributed by atoms with E-state index in [0.29, 0.717) is 0 Å². The Morgan fingerprint density at radius 3 is 2.72 bits per heavy atom. The number of nitrogens with zero attached hydrogens (tertiary/aromatic N) is 2. The van der Waals surface area contributed by atoms with Gasteiger partial charge in [-0.05, 0) is 24.8 Å². The summed E-state index contributed by atoms with van der Waals surface area (Å²) < 4.78 is 5.36. The Labute approximate surface area is 148 Å². The van der Waals surface area contributed by atoms with Crippen LogP contribution in [0.25, 0.3) is 11.3 Å². The number of urea groups is 1. The molecule has 6 heteroatoms. The molecule has 1 aromatic carbocycles. The lowest BCUT2D eigenvalue weighted by atomic mass is 10.1. The van der Waals surface area contributed by atoms with Crippen LogP contribution in [0.3, 0.4) is 0 Å². The molecule has 134 valence electrons. The summed E-state index contributed by atoms with van der Waals surface area (Å²) >= 11 is 0. The molecule has 6 nitrogen and oxygen atoms in total. The largest absolute Gasteiger partial charge is 0.381 e. The van der Waals surface area contributed by atoms with Crippen molar-refractivity contribution in [2.45, 2.75) is 38.3 Å². The molecular weight excluding hydrogens is 316 g/mol. The van der Waals surface area contributed by atoms with Crippen molar-refractivity contribution in [2.75, 3.05) is 20.2 Å². The molecule has 1 fully saturated rings. The minimum atomic E-state index is -0.120. The summed E-state index contributed by atoms with van der Waals surface area (Å²) in [5.41, 5.74) is 2.05. The van der Waals surface area contributed by atoms with E-state index in [1.54, 1.807) is 7.11 Å². The minimum Gasteiger partial charge on any atom is -0.381 e. The van der Waals surface area contributed by atoms with Crippen LogP contribution in [0.2, 0.25) is 0 Å². The predicted octanol–water partition coefficient (Wildman–Crippen LogP) is 3.35. The summed E-state index contributed by atoms with van der Waals surface area (Å²) in [6.45, 7) is 3.51. The quantitative estimate of drug-likeness (QED) is 0.875. The Hall–Kier alpha value is -2.34. The van der Waals surface area contributed by atoms with E-state index in [2.05, 4.69) is 15.3 Å². The highest BCUT2D eigenvalue weighted by atomic mass is 16.5. The number of rotatable bonds is 5. The Kier molecular flexibility index (Phi) is 5.71. The summed E-state index contributed by atoms with van der Waals surface area (Å²) in [4.78, 5) is 22.2. The van der Waals surface area contributed by atoms with Crippen molar-refractivity contribution in [2.24, 2.45) is 0 Å². The molecule has 0 saturated carbocycles. The zero-order valence-electron chi connectivity index (χ0n) is 14.9. The lowest BCUT2D eigenvalue weighted by Gasteiger charge is -2.32. The highest BCUT2D eigenvalue weighted by molar-refractivity contribution is 5.74. The number of ether oxygens (including phenoxy) is 1. The van der Waals surface area contributed by atoms with Crippen LogP contribution in [-0.2, 0) is 4.74 Å². The van der Waals surface area contributed by atoms with E-state index in [0.717, 1.165) is 49.4 Å². The molecule has 2 heterocycles. The van der Waals surface area contributed by atoms with Crippen LogP contribution in [0.5, 0.6) is 0 Å². The molecule has 2 aromatic rings. The highest BCUT2D eigenvalue weighted by Gasteiger charge is 2.25. The molecule has 2 N–H and O–H groups in total. The number of methoxy groups -OCH3 is 1. The van der Waals surface area contributed by atoms with Crippen LogP contribution >= 0.6 is 0 Å². The number of carbonyl (C=O) groups is 1. The van der Waals surface area contributed by atoms with Gasteiger partial charge in [-0.1, -0.05) is 37.3 Å². The molecule has 0 aliphatic carbocycles. The van der Waals surface area contributed by atoms with E-state index < -0.39 is 0 Å². The third kappa shape index (κ3) is 4.20. The van der Waals surface area contributed by atoms with Crippen LogP contribution < -0.4 is 5.32 Å². The van der Waals surface area contributed by atoms with E-state index in [1.807, 2.05) is 48.4 Å². The summed E-state index contributed by atoms with van der Waals surface area (Å²) in [5, 5.41) is 3.10.